The van der Waals surface area contributed by atoms with Gasteiger partial charge in [0.1, 0.15) is 23.7 Å². The minimum Gasteiger partial charge on any atom is -0.548 e. The molecule has 64 heavy (non-hydrogen) atoms. The zero-order valence-corrected chi connectivity index (χ0v) is 37.9. The maximum Gasteiger partial charge on any atom is 2.00 e. The van der Waals surface area contributed by atoms with Gasteiger partial charge in [-0.15, -0.1) is 12.4 Å². The number of hydrogen-bond donors (Lipinski definition) is 6. The molecule has 0 fully saturated rings. The number of rotatable bonds is 16. The minimum absolute atomic E-state index is 0. The topological polar surface area (TPSA) is 229 Å². The summed E-state index contributed by atoms with van der Waals surface area (Å²) in [5.74, 6) is -2.19. The van der Waals surface area contributed by atoms with E-state index in [1.807, 2.05) is 74.8 Å². The van der Waals surface area contributed by atoms with Crippen molar-refractivity contribution in [1.82, 2.24) is 20.4 Å². The molecule has 4 rings (SSSR count). The van der Waals surface area contributed by atoms with Gasteiger partial charge >= 0.3 is 35.4 Å². The van der Waals surface area contributed by atoms with Gasteiger partial charge in [0.05, 0.1) is 36.2 Å². The van der Waals surface area contributed by atoms with Crippen LogP contribution in [0.15, 0.2) is 109 Å². The molecule has 4 aromatic carbocycles. The summed E-state index contributed by atoms with van der Waals surface area (Å²) < 4.78 is 87.1. The van der Waals surface area contributed by atoms with Crippen molar-refractivity contribution in [2.45, 2.75) is 37.4 Å². The van der Waals surface area contributed by atoms with E-state index in [2.05, 4.69) is 10.6 Å². The van der Waals surface area contributed by atoms with Gasteiger partial charge in [-0.3, -0.25) is 10.8 Å². The molecule has 348 valence electrons. The zero-order valence-electron chi connectivity index (χ0n) is 35.7. The predicted molar refractivity (Wildman–Crippen MR) is 232 cm³/mol. The number of nitrogens with one attached hydrogen (secondary N) is 4. The van der Waals surface area contributed by atoms with Gasteiger partial charge in [0.15, 0.2) is 11.9 Å². The maximum absolute atomic E-state index is 12.6. The molecule has 0 saturated carbocycles. The first-order valence-electron chi connectivity index (χ1n) is 18.7. The smallest absolute Gasteiger partial charge is 0.548 e. The van der Waals surface area contributed by atoms with Gasteiger partial charge in [0, 0.05) is 26.9 Å². The Morgan fingerprint density at radius 3 is 1.09 bits per heavy atom. The first kappa shape index (κ1) is 60.6. The first-order chi connectivity index (χ1) is 29.1. The van der Waals surface area contributed by atoms with Crippen molar-refractivity contribution in [3.63, 3.8) is 0 Å². The fraction of sp³-hybridized carbons (Fsp3) is 0.333. The van der Waals surface area contributed by atoms with Crippen LogP contribution in [-0.4, -0.2) is 111 Å². The Kier molecular flexibility index (Phi) is 29.7. The molecular weight excluding hydrogens is 886 g/mol. The summed E-state index contributed by atoms with van der Waals surface area (Å²) in [4.78, 5) is 21.7. The normalized spacial score (nSPS) is 11.3. The maximum atomic E-state index is 12.6. The third-order valence-corrected chi connectivity index (χ3v) is 8.13. The molecule has 0 bridgehead atoms. The van der Waals surface area contributed by atoms with Crippen molar-refractivity contribution < 1.29 is 55.6 Å². The molecule has 0 saturated heterocycles. The van der Waals surface area contributed by atoms with Crippen LogP contribution in [-0.2, 0) is 21.9 Å². The van der Waals surface area contributed by atoms with E-state index < -0.39 is 35.4 Å². The van der Waals surface area contributed by atoms with Crippen LogP contribution in [0.3, 0.4) is 0 Å². The molecule has 8 N–H and O–H groups in total. The van der Waals surface area contributed by atoms with Crippen molar-refractivity contribution >= 4 is 59.3 Å². The molecule has 0 aliphatic heterocycles. The Bertz CT molecular complexity index is 1780. The third kappa shape index (κ3) is 25.6. The Morgan fingerprint density at radius 2 is 0.891 bits per heavy atom. The summed E-state index contributed by atoms with van der Waals surface area (Å²) >= 11 is 0. The molecule has 0 aromatic heterocycles. The molecule has 2 atom stereocenters. The molecule has 4 aromatic rings. The average Bonchev–Trinajstić information content (AvgIpc) is 3.21. The fourth-order valence-electron chi connectivity index (χ4n) is 4.80. The molecule has 0 radical (unpaired) electrons. The number of carbonyl (C=O) groups is 2. The van der Waals surface area contributed by atoms with E-state index in [1.165, 1.54) is 38.4 Å². The molecule has 14 nitrogen and oxygen atoms in total. The number of ether oxygens (including phenoxy) is 2. The van der Waals surface area contributed by atoms with Crippen LogP contribution in [0.2, 0.25) is 0 Å². The Balaban J connectivity index is 0. The van der Waals surface area contributed by atoms with E-state index in [1.54, 1.807) is 0 Å². The number of carboxylic acid groups (broad SMARTS) is 2. The van der Waals surface area contributed by atoms with E-state index in [9.17, 15) is 46.1 Å². The monoisotopic (exact) mass is 938 g/mol. The predicted octanol–water partition coefficient (Wildman–Crippen LogP) is 4.03. The number of aliphatic carboxylic acids is 2. The van der Waals surface area contributed by atoms with Crippen LogP contribution in [0, 0.1) is 10.8 Å². The summed E-state index contributed by atoms with van der Waals surface area (Å²) in [5.41, 5.74) is 10.5. The second-order valence-corrected chi connectivity index (χ2v) is 13.1. The second kappa shape index (κ2) is 31.4. The summed E-state index contributed by atoms with van der Waals surface area (Å²) in [6, 6.07) is 28.9. The SMILES string of the molecule is CN(CC(=O)[O-])C(=N)N.CN(CC(=O)[O-])C(=N)N.CNCCC(Oc1ccc(C(F)(F)F)cc1)c1ccccc1.CNCCC(Oc1ccc(C(F)(F)F)cc1)c1ccccc1.Cl.[Mg+2]. The number of alkyl halides is 6. The van der Waals surface area contributed by atoms with Crippen molar-refractivity contribution in [3.8, 4) is 11.5 Å². The fourth-order valence-corrected chi connectivity index (χ4v) is 4.80. The molecular formula is C42H53ClF6MgN8O6. The number of hydrogen-bond acceptors (Lipinski definition) is 10. The van der Waals surface area contributed by atoms with Crippen molar-refractivity contribution in [2.24, 2.45) is 11.5 Å². The summed E-state index contributed by atoms with van der Waals surface area (Å²) in [5, 5.41) is 39.1. The van der Waals surface area contributed by atoms with Crippen LogP contribution >= 0.6 is 12.4 Å². The van der Waals surface area contributed by atoms with Gasteiger partial charge in [0.2, 0.25) is 0 Å². The molecule has 0 amide bonds. The van der Waals surface area contributed by atoms with Crippen LogP contribution < -0.4 is 41.8 Å². The van der Waals surface area contributed by atoms with Gasteiger partial charge < -0.3 is 61.2 Å². The van der Waals surface area contributed by atoms with E-state index >= 15 is 0 Å². The van der Waals surface area contributed by atoms with Gasteiger partial charge in [-0.1, -0.05) is 60.7 Å². The number of nitrogens with two attached hydrogens (primary N) is 2. The van der Waals surface area contributed by atoms with Crippen molar-refractivity contribution in [1.29, 1.82) is 10.8 Å². The number of likely N-dealkylation sites (N-methyl/N-ethyl adjacent to an activating group) is 2. The average molecular weight is 940 g/mol. The minimum atomic E-state index is -4.33. The first-order valence-corrected chi connectivity index (χ1v) is 18.7. The molecule has 0 aliphatic carbocycles. The van der Waals surface area contributed by atoms with E-state index in [0.29, 0.717) is 11.5 Å². The largest absolute Gasteiger partial charge is 2.00 e. The van der Waals surface area contributed by atoms with Crippen LogP contribution in [0.5, 0.6) is 11.5 Å². The Labute approximate surface area is 390 Å². The number of carbonyl (C=O) groups excluding carboxylic acids is 2. The van der Waals surface area contributed by atoms with Crippen molar-refractivity contribution in [2.75, 3.05) is 54.4 Å². The quantitative estimate of drug-likeness (QED) is 0.0405. The standard InChI is InChI=1S/2C17H18F3NO.2C4H9N3O2.ClH.Mg/c2*1-21-12-11-16(13-5-3-2-4-6-13)22-15-9-7-14(8-10-15)17(18,19)20;2*1-7(4(5)6)2-3(8)9;;/h2*2-10,16,21H,11-12H2,1H3;2*2H2,1H3,(H3,5,6)(H,8,9);1H;/q;;;;;+2/p-2. The molecule has 22 heteroatoms. The molecule has 2 unspecified atom stereocenters. The number of carboxylic acids is 2. The zero-order chi connectivity index (χ0) is 46.9. The van der Waals surface area contributed by atoms with Crippen molar-refractivity contribution in [3.05, 3.63) is 131 Å². The van der Waals surface area contributed by atoms with Crippen LogP contribution in [0.1, 0.15) is 47.3 Å². The molecule has 0 heterocycles. The third-order valence-electron chi connectivity index (χ3n) is 8.13. The van der Waals surface area contributed by atoms with Gasteiger partial charge in [-0.05, 0) is 86.8 Å². The number of nitrogens with zero attached hydrogens (tertiary/aromatic N) is 2. The van der Waals surface area contributed by atoms with Crippen LogP contribution in [0.25, 0.3) is 0 Å². The summed E-state index contributed by atoms with van der Waals surface area (Å²) in [6.07, 6.45) is -7.62. The Morgan fingerprint density at radius 1 is 0.609 bits per heavy atom. The van der Waals surface area contributed by atoms with E-state index in [4.69, 9.17) is 31.8 Å². The van der Waals surface area contributed by atoms with Gasteiger partial charge in [-0.25, -0.2) is 0 Å². The molecule has 0 aliphatic rings. The van der Waals surface area contributed by atoms with Gasteiger partial charge in [0.25, 0.3) is 0 Å². The Hall–Kier alpha value is -5.48. The van der Waals surface area contributed by atoms with E-state index in [0.717, 1.165) is 71.1 Å². The van der Waals surface area contributed by atoms with Crippen LogP contribution in [0.4, 0.5) is 26.3 Å². The number of halogens is 7. The molecule has 0 spiro atoms. The van der Waals surface area contributed by atoms with Gasteiger partial charge in [-0.2, -0.15) is 26.3 Å². The second-order valence-electron chi connectivity index (χ2n) is 13.1. The summed E-state index contributed by atoms with van der Waals surface area (Å²) in [7, 11) is 6.50. The van der Waals surface area contributed by atoms with E-state index in [-0.39, 0.29) is 72.7 Å². The number of benzene rings is 4. The number of guanidine groups is 2. The summed E-state index contributed by atoms with van der Waals surface area (Å²) in [6.45, 7) is 0.824.